The highest BCUT2D eigenvalue weighted by molar-refractivity contribution is 5.88. The number of rotatable bonds is 2. The summed E-state index contributed by atoms with van der Waals surface area (Å²) in [4.78, 5) is 14.4. The molecule has 0 unspecified atom stereocenters. The van der Waals surface area contributed by atoms with Gasteiger partial charge in [-0.1, -0.05) is 82.3 Å². The van der Waals surface area contributed by atoms with Gasteiger partial charge in [-0.15, -0.1) is 0 Å². The fraction of sp³-hybridized carbons (Fsp3) is 0.176. The molecule has 2 aromatic heterocycles. The summed E-state index contributed by atoms with van der Waals surface area (Å²) in [5.74, 6) is 1.96. The van der Waals surface area contributed by atoms with E-state index in [1.54, 1.807) is 0 Å². The van der Waals surface area contributed by atoms with Crippen LogP contribution in [0.5, 0.6) is 0 Å². The number of anilines is 6. The van der Waals surface area contributed by atoms with E-state index in [4.69, 9.17) is 9.97 Å². The van der Waals surface area contributed by atoms with Gasteiger partial charge in [0.25, 0.3) is 0 Å². The van der Waals surface area contributed by atoms with Crippen molar-refractivity contribution in [2.45, 2.75) is 38.5 Å². The predicted molar refractivity (Wildman–Crippen MR) is 156 cm³/mol. The molecule has 2 aliphatic heterocycles. The number of fused-ring (bicyclic) bond motifs is 4. The van der Waals surface area contributed by atoms with E-state index < -0.39 is 0 Å². The lowest BCUT2D eigenvalue weighted by Crippen LogP contribution is -2.32. The van der Waals surface area contributed by atoms with Crippen molar-refractivity contribution in [2.24, 2.45) is 0 Å². The molecule has 3 aromatic carbocycles. The molecule has 0 fully saturated rings. The first-order valence-electron chi connectivity index (χ1n) is 13.2. The quantitative estimate of drug-likeness (QED) is 0.246. The number of para-hydroxylation sites is 2. The van der Waals surface area contributed by atoms with E-state index in [2.05, 4.69) is 122 Å². The van der Waals surface area contributed by atoms with Crippen molar-refractivity contribution in [2.75, 3.05) is 9.80 Å². The predicted octanol–water partition coefficient (Wildman–Crippen LogP) is 8.69. The van der Waals surface area contributed by atoms with Crippen LogP contribution in [0.1, 0.15) is 49.9 Å². The first-order chi connectivity index (χ1) is 18.4. The van der Waals surface area contributed by atoms with Crippen LogP contribution in [0.3, 0.4) is 0 Å². The van der Waals surface area contributed by atoms with Crippen LogP contribution in [-0.4, -0.2) is 9.97 Å². The molecule has 38 heavy (non-hydrogen) atoms. The monoisotopic (exact) mass is 494 g/mol. The van der Waals surface area contributed by atoms with Crippen LogP contribution in [0.4, 0.5) is 34.4 Å². The van der Waals surface area contributed by atoms with Gasteiger partial charge in [0, 0.05) is 45.7 Å². The Morgan fingerprint density at radius 3 is 1.37 bits per heavy atom. The molecular weight excluding hydrogens is 464 g/mol. The van der Waals surface area contributed by atoms with Crippen LogP contribution in [0.25, 0.3) is 0 Å². The van der Waals surface area contributed by atoms with Crippen LogP contribution in [0, 0.1) is 0 Å². The van der Waals surface area contributed by atoms with Crippen molar-refractivity contribution in [3.05, 3.63) is 132 Å². The molecule has 0 atom stereocenters. The third-order valence-electron chi connectivity index (χ3n) is 8.33. The van der Waals surface area contributed by atoms with Gasteiger partial charge in [-0.3, -0.25) is 9.80 Å². The summed E-state index contributed by atoms with van der Waals surface area (Å²) < 4.78 is 0. The van der Waals surface area contributed by atoms with Gasteiger partial charge in [0.15, 0.2) is 0 Å². The van der Waals surface area contributed by atoms with E-state index in [1.807, 2.05) is 24.5 Å². The third kappa shape index (κ3) is 3.10. The Morgan fingerprint density at radius 1 is 0.474 bits per heavy atom. The first kappa shape index (κ1) is 22.7. The van der Waals surface area contributed by atoms with Crippen molar-refractivity contribution in [1.82, 2.24) is 9.97 Å². The third-order valence-corrected chi connectivity index (χ3v) is 8.33. The molecule has 4 nitrogen and oxygen atoms in total. The number of nitrogens with zero attached hydrogens (tertiary/aromatic N) is 4. The highest BCUT2D eigenvalue weighted by Gasteiger charge is 2.39. The Kier molecular flexibility index (Phi) is 4.80. The van der Waals surface area contributed by atoms with Crippen molar-refractivity contribution in [3.8, 4) is 0 Å². The lowest BCUT2D eigenvalue weighted by molar-refractivity contribution is 0.627. The summed E-state index contributed by atoms with van der Waals surface area (Å²) in [7, 11) is 0. The molecule has 0 spiro atoms. The highest BCUT2D eigenvalue weighted by Crippen LogP contribution is 2.53. The molecule has 2 aliphatic rings. The molecule has 0 bridgehead atoms. The summed E-state index contributed by atoms with van der Waals surface area (Å²) in [5, 5.41) is 0. The number of aromatic nitrogens is 2. The van der Waals surface area contributed by atoms with E-state index in [1.165, 1.54) is 33.6 Å². The smallest absolute Gasteiger partial charge is 0.141 e. The van der Waals surface area contributed by atoms with Crippen molar-refractivity contribution in [1.29, 1.82) is 0 Å². The van der Waals surface area contributed by atoms with Gasteiger partial charge in [0.1, 0.15) is 11.6 Å². The second-order valence-electron chi connectivity index (χ2n) is 11.2. The molecule has 0 aliphatic carbocycles. The molecule has 186 valence electrons. The Labute approximate surface area is 224 Å². The van der Waals surface area contributed by atoms with Crippen molar-refractivity contribution < 1.29 is 0 Å². The second kappa shape index (κ2) is 8.03. The summed E-state index contributed by atoms with van der Waals surface area (Å²) in [5.41, 5.74) is 9.23. The summed E-state index contributed by atoms with van der Waals surface area (Å²) >= 11 is 0. The van der Waals surface area contributed by atoms with Crippen molar-refractivity contribution >= 4 is 34.4 Å². The molecule has 0 amide bonds. The Hall–Kier alpha value is -4.44. The Bertz CT molecular complexity index is 1480. The lowest BCUT2D eigenvalue weighted by Gasteiger charge is -2.42. The number of hydrogen-bond acceptors (Lipinski definition) is 4. The number of hydrogen-bond donors (Lipinski definition) is 0. The number of benzene rings is 3. The molecule has 5 aromatic rings. The van der Waals surface area contributed by atoms with E-state index in [0.29, 0.717) is 0 Å². The normalized spacial score (nSPS) is 16.2. The summed E-state index contributed by atoms with van der Waals surface area (Å²) in [6.07, 6.45) is 3.78. The van der Waals surface area contributed by atoms with E-state index in [0.717, 1.165) is 23.0 Å². The summed E-state index contributed by atoms with van der Waals surface area (Å²) in [6, 6.07) is 34.6. The maximum atomic E-state index is 4.90. The number of pyridine rings is 2. The largest absolute Gasteiger partial charge is 0.294 e. The Balaban J connectivity index is 1.45. The average molecular weight is 495 g/mol. The molecule has 7 rings (SSSR count). The second-order valence-corrected chi connectivity index (χ2v) is 11.2. The van der Waals surface area contributed by atoms with E-state index in [-0.39, 0.29) is 10.8 Å². The van der Waals surface area contributed by atoms with Gasteiger partial charge >= 0.3 is 0 Å². The molecular formula is C34H30N4. The van der Waals surface area contributed by atoms with Crippen LogP contribution in [0.15, 0.2) is 109 Å². The van der Waals surface area contributed by atoms with Gasteiger partial charge in [0.05, 0.1) is 11.4 Å². The van der Waals surface area contributed by atoms with Crippen molar-refractivity contribution in [3.63, 3.8) is 0 Å². The zero-order valence-electron chi connectivity index (χ0n) is 22.2. The zero-order chi connectivity index (χ0) is 26.1. The van der Waals surface area contributed by atoms with E-state index in [9.17, 15) is 0 Å². The zero-order valence-corrected chi connectivity index (χ0v) is 22.2. The molecule has 0 N–H and O–H groups in total. The fourth-order valence-corrected chi connectivity index (χ4v) is 6.33. The van der Waals surface area contributed by atoms with Gasteiger partial charge < -0.3 is 0 Å². The fourth-order valence-electron chi connectivity index (χ4n) is 6.33. The minimum absolute atomic E-state index is 0.144. The molecule has 4 heteroatoms. The minimum Gasteiger partial charge on any atom is -0.294 e. The first-order valence-corrected chi connectivity index (χ1v) is 13.2. The molecule has 4 heterocycles. The highest BCUT2D eigenvalue weighted by atomic mass is 15.2. The summed E-state index contributed by atoms with van der Waals surface area (Å²) in [6.45, 7) is 9.15. The topological polar surface area (TPSA) is 32.3 Å². The maximum absolute atomic E-state index is 4.90. The van der Waals surface area contributed by atoms with Gasteiger partial charge in [-0.25, -0.2) is 9.97 Å². The average Bonchev–Trinajstić information content (AvgIpc) is 2.94. The standard InChI is InChI=1S/C34H30N4/c1-33(2)25-14-5-7-18-29(25)37(31-27(33)16-10-20-35-31)23-12-9-13-24(22-23)38-30-19-8-6-15-26(30)34(3,4)28-17-11-21-36-32(28)38/h5-22H,1-4H3. The lowest BCUT2D eigenvalue weighted by atomic mass is 9.74. The van der Waals surface area contributed by atoms with Gasteiger partial charge in [-0.2, -0.15) is 0 Å². The van der Waals surface area contributed by atoms with Crippen LogP contribution < -0.4 is 9.80 Å². The molecule has 0 saturated heterocycles. The van der Waals surface area contributed by atoms with Crippen LogP contribution in [0.2, 0.25) is 0 Å². The van der Waals surface area contributed by atoms with Crippen LogP contribution in [-0.2, 0) is 10.8 Å². The molecule has 0 saturated carbocycles. The van der Waals surface area contributed by atoms with Crippen LogP contribution >= 0.6 is 0 Å². The van der Waals surface area contributed by atoms with Gasteiger partial charge in [-0.05, 0) is 53.6 Å². The maximum Gasteiger partial charge on any atom is 0.141 e. The SMILES string of the molecule is CC1(C)c2ccccc2N(c2cccc(N3c4ccccc4C(C)(C)c4cccnc43)c2)c2ncccc21. The van der Waals surface area contributed by atoms with E-state index >= 15 is 0 Å². The minimum atomic E-state index is -0.144. The Morgan fingerprint density at radius 2 is 0.895 bits per heavy atom. The van der Waals surface area contributed by atoms with Gasteiger partial charge in [0.2, 0.25) is 0 Å². The molecule has 0 radical (unpaired) electrons.